The number of hydrogen-bond donors (Lipinski definition) is 1. The van der Waals surface area contributed by atoms with Crippen LogP contribution in [0.3, 0.4) is 0 Å². The lowest BCUT2D eigenvalue weighted by atomic mass is 10.0. The molecule has 2 amide bonds. The summed E-state index contributed by atoms with van der Waals surface area (Å²) in [7, 11) is 5.24. The molecule has 13 nitrogen and oxygen atoms in total. The van der Waals surface area contributed by atoms with Crippen LogP contribution in [0.25, 0.3) is 22.6 Å². The van der Waals surface area contributed by atoms with Gasteiger partial charge in [0.2, 0.25) is 17.6 Å². The largest absolute Gasteiger partial charge is 0.468 e. The van der Waals surface area contributed by atoms with Gasteiger partial charge in [0, 0.05) is 38.5 Å². The Hall–Kier alpha value is -5.85. The first kappa shape index (κ1) is 27.3. The second-order valence-corrected chi connectivity index (χ2v) is 9.88. The molecule has 0 saturated heterocycles. The monoisotopic (exact) mass is 577 g/mol. The lowest BCUT2D eigenvalue weighted by Crippen LogP contribution is -2.31. The summed E-state index contributed by atoms with van der Waals surface area (Å²) >= 11 is 0. The minimum atomic E-state index is -0.401. The number of carbonyl (C=O) groups is 2. The van der Waals surface area contributed by atoms with E-state index < -0.39 is 6.04 Å². The number of carbonyl (C=O) groups excluding carboxylic acids is 2. The van der Waals surface area contributed by atoms with Crippen molar-refractivity contribution in [3.8, 4) is 11.5 Å². The molecular formula is C30H27N9O4. The van der Waals surface area contributed by atoms with Crippen LogP contribution in [0, 0.1) is 0 Å². The molecule has 0 aliphatic carbocycles. The number of fused-ring (bicyclic) bond motifs is 1. The van der Waals surface area contributed by atoms with Gasteiger partial charge in [0.15, 0.2) is 5.58 Å². The third kappa shape index (κ3) is 5.43. The number of aromatic nitrogens is 6. The van der Waals surface area contributed by atoms with Crippen molar-refractivity contribution in [3.63, 3.8) is 0 Å². The molecule has 0 aliphatic rings. The van der Waals surface area contributed by atoms with E-state index in [1.54, 1.807) is 50.7 Å². The Morgan fingerprint density at radius 2 is 1.79 bits per heavy atom. The summed E-state index contributed by atoms with van der Waals surface area (Å²) in [5.41, 5.74) is 4.59. The fraction of sp³-hybridized carbons (Fsp3) is 0.167. The molecule has 0 spiro atoms. The average molecular weight is 578 g/mol. The number of oxazole rings is 1. The first-order chi connectivity index (χ1) is 20.8. The Kier molecular flexibility index (Phi) is 7.12. The minimum absolute atomic E-state index is 0.183. The Labute approximate surface area is 245 Å². The number of anilines is 3. The average Bonchev–Trinajstić information content (AvgIpc) is 3.76. The first-order valence-electron chi connectivity index (χ1n) is 13.3. The summed E-state index contributed by atoms with van der Waals surface area (Å²) in [5, 5.41) is 15.5. The number of pyridine rings is 1. The number of aryl methyl sites for hydroxylation is 1. The number of hydrogen-bond acceptors (Lipinski definition) is 10. The molecule has 0 fully saturated rings. The number of rotatable bonds is 8. The van der Waals surface area contributed by atoms with Gasteiger partial charge in [0.1, 0.15) is 41.2 Å². The normalized spacial score (nSPS) is 11.8. The SMILES string of the molecule is CC(=O)Nc1ccc2oc(-c3ccnc(C(=O)N(C)c4cocc4N(C)C(c4ccccc4)c4nnn(C)n4)c3)nc2c1. The number of furan rings is 1. The molecule has 4 aromatic heterocycles. The van der Waals surface area contributed by atoms with Gasteiger partial charge in [-0.15, -0.1) is 10.2 Å². The van der Waals surface area contributed by atoms with E-state index in [1.165, 1.54) is 29.1 Å². The molecule has 0 saturated carbocycles. The second kappa shape index (κ2) is 11.2. The molecule has 0 aliphatic heterocycles. The maximum absolute atomic E-state index is 13.7. The van der Waals surface area contributed by atoms with Crippen molar-refractivity contribution >= 4 is 40.0 Å². The van der Waals surface area contributed by atoms with Crippen LogP contribution in [0.1, 0.15) is 34.8 Å². The number of nitrogens with zero attached hydrogens (tertiary/aromatic N) is 8. The van der Waals surface area contributed by atoms with Crippen molar-refractivity contribution in [2.45, 2.75) is 13.0 Å². The standard InChI is InChI=1S/C30H27N9O4/c1-18(40)32-21-10-11-26-22(15-21)33-29(43-26)20-12-13-31-23(14-20)30(41)38(3)25-17-42-16-24(25)37(2)27(19-8-6-5-7-9-19)28-34-36-39(4)35-28/h5-17,27H,1-4H3,(H,32,40). The van der Waals surface area contributed by atoms with Crippen molar-refractivity contribution < 1.29 is 18.4 Å². The minimum Gasteiger partial charge on any atom is -0.468 e. The van der Waals surface area contributed by atoms with Crippen LogP contribution >= 0.6 is 0 Å². The summed E-state index contributed by atoms with van der Waals surface area (Å²) in [6.07, 6.45) is 4.61. The number of benzene rings is 2. The maximum Gasteiger partial charge on any atom is 0.276 e. The van der Waals surface area contributed by atoms with Crippen molar-refractivity contribution in [2.24, 2.45) is 7.05 Å². The van der Waals surface area contributed by atoms with E-state index in [0.29, 0.717) is 45.4 Å². The predicted octanol–water partition coefficient (Wildman–Crippen LogP) is 4.47. The molecule has 6 rings (SSSR count). The maximum atomic E-state index is 13.7. The van der Waals surface area contributed by atoms with Crippen LogP contribution in [0.4, 0.5) is 17.1 Å². The lowest BCUT2D eigenvalue weighted by molar-refractivity contribution is -0.114. The molecular weight excluding hydrogens is 550 g/mol. The molecule has 1 unspecified atom stereocenters. The molecule has 43 heavy (non-hydrogen) atoms. The van der Waals surface area contributed by atoms with Gasteiger partial charge in [-0.1, -0.05) is 30.3 Å². The molecule has 1 N–H and O–H groups in total. The number of nitrogens with one attached hydrogen (secondary N) is 1. The highest BCUT2D eigenvalue weighted by Crippen LogP contribution is 2.37. The van der Waals surface area contributed by atoms with Gasteiger partial charge in [-0.2, -0.15) is 4.80 Å². The topological polar surface area (TPSA) is 148 Å². The highest BCUT2D eigenvalue weighted by Gasteiger charge is 2.29. The molecule has 216 valence electrons. The Morgan fingerprint density at radius 3 is 2.53 bits per heavy atom. The molecule has 0 radical (unpaired) electrons. The summed E-state index contributed by atoms with van der Waals surface area (Å²) in [6, 6.07) is 17.9. The zero-order chi connectivity index (χ0) is 30.1. The molecule has 2 aromatic carbocycles. The fourth-order valence-corrected chi connectivity index (χ4v) is 4.82. The van der Waals surface area contributed by atoms with E-state index in [2.05, 4.69) is 30.7 Å². The van der Waals surface area contributed by atoms with Crippen LogP contribution in [0.2, 0.25) is 0 Å². The van der Waals surface area contributed by atoms with Crippen molar-refractivity contribution in [1.82, 2.24) is 30.2 Å². The second-order valence-electron chi connectivity index (χ2n) is 9.88. The fourth-order valence-electron chi connectivity index (χ4n) is 4.82. The van der Waals surface area contributed by atoms with Crippen molar-refractivity contribution in [3.05, 3.63) is 96.5 Å². The van der Waals surface area contributed by atoms with Gasteiger partial charge in [-0.05, 0) is 41.1 Å². The van der Waals surface area contributed by atoms with Gasteiger partial charge in [-0.3, -0.25) is 14.6 Å². The third-order valence-corrected chi connectivity index (χ3v) is 6.87. The molecule has 1 atom stereocenters. The summed E-state index contributed by atoms with van der Waals surface area (Å²) in [6.45, 7) is 1.44. The quantitative estimate of drug-likeness (QED) is 0.275. The molecule has 4 heterocycles. The molecule has 13 heteroatoms. The smallest absolute Gasteiger partial charge is 0.276 e. The van der Waals surface area contributed by atoms with Crippen LogP contribution in [-0.4, -0.2) is 56.1 Å². The van der Waals surface area contributed by atoms with Gasteiger partial charge >= 0.3 is 0 Å². The Bertz CT molecular complexity index is 1930. The zero-order valence-electron chi connectivity index (χ0n) is 23.8. The summed E-state index contributed by atoms with van der Waals surface area (Å²) in [4.78, 5) is 38.8. The van der Waals surface area contributed by atoms with Gasteiger partial charge in [0.25, 0.3) is 5.91 Å². The van der Waals surface area contributed by atoms with E-state index in [9.17, 15) is 9.59 Å². The highest BCUT2D eigenvalue weighted by atomic mass is 16.3. The van der Waals surface area contributed by atoms with E-state index in [4.69, 9.17) is 8.83 Å². The van der Waals surface area contributed by atoms with Crippen molar-refractivity contribution in [2.75, 3.05) is 29.2 Å². The van der Waals surface area contributed by atoms with E-state index in [0.717, 1.165) is 5.56 Å². The summed E-state index contributed by atoms with van der Waals surface area (Å²) < 4.78 is 11.5. The molecule has 0 bridgehead atoms. The number of amides is 2. The lowest BCUT2D eigenvalue weighted by Gasteiger charge is -2.29. The van der Waals surface area contributed by atoms with Crippen LogP contribution in [0.15, 0.2) is 88.2 Å². The van der Waals surface area contributed by atoms with Crippen LogP contribution in [-0.2, 0) is 11.8 Å². The van der Waals surface area contributed by atoms with Gasteiger partial charge < -0.3 is 24.0 Å². The van der Waals surface area contributed by atoms with Crippen molar-refractivity contribution in [1.29, 1.82) is 0 Å². The predicted molar refractivity (Wildman–Crippen MR) is 158 cm³/mol. The van der Waals surface area contributed by atoms with E-state index in [1.807, 2.05) is 42.3 Å². The molecule has 6 aromatic rings. The Balaban J connectivity index is 1.29. The summed E-state index contributed by atoms with van der Waals surface area (Å²) in [5.74, 6) is 0.266. The Morgan fingerprint density at radius 1 is 1.00 bits per heavy atom. The van der Waals surface area contributed by atoms with E-state index in [-0.39, 0.29) is 17.5 Å². The third-order valence-electron chi connectivity index (χ3n) is 6.87. The first-order valence-corrected chi connectivity index (χ1v) is 13.3. The number of tetrazole rings is 1. The van der Waals surface area contributed by atoms with Gasteiger partial charge in [-0.25, -0.2) is 4.98 Å². The zero-order valence-corrected chi connectivity index (χ0v) is 23.8. The van der Waals surface area contributed by atoms with E-state index >= 15 is 0 Å². The van der Waals surface area contributed by atoms with Crippen LogP contribution in [0.5, 0.6) is 0 Å². The van der Waals surface area contributed by atoms with Crippen LogP contribution < -0.4 is 15.1 Å². The highest BCUT2D eigenvalue weighted by molar-refractivity contribution is 6.06. The van der Waals surface area contributed by atoms with Gasteiger partial charge in [0.05, 0.1) is 7.05 Å².